The molecule has 0 spiro atoms. The highest BCUT2D eigenvalue weighted by Crippen LogP contribution is 2.15. The molecule has 17 heavy (non-hydrogen) atoms. The molecule has 0 bridgehead atoms. The number of nitrogens with zero attached hydrogens (tertiary/aromatic N) is 3. The summed E-state index contributed by atoms with van der Waals surface area (Å²) in [5.41, 5.74) is 1.32. The van der Waals surface area contributed by atoms with E-state index in [0.717, 1.165) is 10.9 Å². The van der Waals surface area contributed by atoms with Gasteiger partial charge in [0.05, 0.1) is 12.6 Å². The summed E-state index contributed by atoms with van der Waals surface area (Å²) < 4.78 is 3.04. The molecule has 6 heteroatoms. The van der Waals surface area contributed by atoms with Crippen LogP contribution in [-0.4, -0.2) is 25.4 Å². The number of aromatic nitrogens is 3. The Morgan fingerprint density at radius 2 is 2.24 bits per heavy atom. The standard InChI is InChI=1S/C11H13N3O3/c1-7-5-9(15)14(4-3-10(16)17)11-8(7)6-12-13(11)2/h5-6H,3-4H2,1-2H3,(H,16,17). The Balaban J connectivity index is 2.64. The van der Waals surface area contributed by atoms with Gasteiger partial charge in [0.25, 0.3) is 5.56 Å². The Kier molecular flexibility index (Phi) is 2.71. The van der Waals surface area contributed by atoms with Crippen LogP contribution in [0.3, 0.4) is 0 Å². The molecule has 0 saturated heterocycles. The molecule has 2 heterocycles. The summed E-state index contributed by atoms with van der Waals surface area (Å²) in [5.74, 6) is -0.923. The second-order valence-electron chi connectivity index (χ2n) is 3.97. The van der Waals surface area contributed by atoms with E-state index in [9.17, 15) is 9.59 Å². The van der Waals surface area contributed by atoms with Crippen LogP contribution in [0.4, 0.5) is 0 Å². The molecule has 0 unspecified atom stereocenters. The van der Waals surface area contributed by atoms with Gasteiger partial charge in [0, 0.05) is 25.0 Å². The lowest BCUT2D eigenvalue weighted by Crippen LogP contribution is -2.23. The summed E-state index contributed by atoms with van der Waals surface area (Å²) in [5, 5.41) is 13.6. The van der Waals surface area contributed by atoms with Gasteiger partial charge in [0.1, 0.15) is 5.65 Å². The summed E-state index contributed by atoms with van der Waals surface area (Å²) in [6.07, 6.45) is 1.60. The van der Waals surface area contributed by atoms with Crippen molar-refractivity contribution in [3.05, 3.63) is 28.2 Å². The number of pyridine rings is 1. The van der Waals surface area contributed by atoms with Gasteiger partial charge in [-0.05, 0) is 12.5 Å². The first kappa shape index (κ1) is 11.4. The molecule has 0 aromatic carbocycles. The molecule has 90 valence electrons. The number of hydrogen-bond donors (Lipinski definition) is 1. The van der Waals surface area contributed by atoms with Crippen LogP contribution in [0.5, 0.6) is 0 Å². The zero-order valence-corrected chi connectivity index (χ0v) is 9.67. The van der Waals surface area contributed by atoms with Gasteiger partial charge >= 0.3 is 5.97 Å². The topological polar surface area (TPSA) is 77.1 Å². The molecule has 0 aliphatic heterocycles. The molecule has 0 amide bonds. The molecular formula is C11H13N3O3. The fourth-order valence-electron chi connectivity index (χ4n) is 1.90. The van der Waals surface area contributed by atoms with Crippen molar-refractivity contribution >= 4 is 17.0 Å². The largest absolute Gasteiger partial charge is 0.481 e. The van der Waals surface area contributed by atoms with Crippen LogP contribution in [-0.2, 0) is 18.4 Å². The van der Waals surface area contributed by atoms with Gasteiger partial charge in [-0.2, -0.15) is 5.10 Å². The Morgan fingerprint density at radius 1 is 1.53 bits per heavy atom. The first-order chi connectivity index (χ1) is 8.00. The number of aryl methyl sites for hydroxylation is 3. The normalized spacial score (nSPS) is 10.9. The minimum atomic E-state index is -0.923. The van der Waals surface area contributed by atoms with Gasteiger partial charge in [-0.15, -0.1) is 0 Å². The van der Waals surface area contributed by atoms with Crippen molar-refractivity contribution in [1.29, 1.82) is 0 Å². The molecule has 2 rings (SSSR count). The molecule has 0 saturated carbocycles. The van der Waals surface area contributed by atoms with E-state index >= 15 is 0 Å². The van der Waals surface area contributed by atoms with Crippen molar-refractivity contribution in [2.24, 2.45) is 7.05 Å². The van der Waals surface area contributed by atoms with E-state index in [4.69, 9.17) is 5.11 Å². The molecule has 0 radical (unpaired) electrons. The molecule has 6 nitrogen and oxygen atoms in total. The molecular weight excluding hydrogens is 222 g/mol. The lowest BCUT2D eigenvalue weighted by atomic mass is 10.2. The monoisotopic (exact) mass is 235 g/mol. The van der Waals surface area contributed by atoms with Gasteiger partial charge in [-0.1, -0.05) is 0 Å². The first-order valence-corrected chi connectivity index (χ1v) is 5.24. The molecule has 1 N–H and O–H groups in total. The second-order valence-corrected chi connectivity index (χ2v) is 3.97. The van der Waals surface area contributed by atoms with Crippen molar-refractivity contribution in [3.8, 4) is 0 Å². The lowest BCUT2D eigenvalue weighted by molar-refractivity contribution is -0.137. The lowest BCUT2D eigenvalue weighted by Gasteiger charge is -2.08. The zero-order valence-electron chi connectivity index (χ0n) is 9.67. The third-order valence-corrected chi connectivity index (χ3v) is 2.74. The van der Waals surface area contributed by atoms with E-state index in [0.29, 0.717) is 5.65 Å². The zero-order chi connectivity index (χ0) is 12.6. The third kappa shape index (κ3) is 1.93. The van der Waals surface area contributed by atoms with Crippen LogP contribution >= 0.6 is 0 Å². The van der Waals surface area contributed by atoms with Gasteiger partial charge < -0.3 is 5.11 Å². The van der Waals surface area contributed by atoms with Crippen molar-refractivity contribution in [1.82, 2.24) is 14.3 Å². The van der Waals surface area contributed by atoms with E-state index < -0.39 is 5.97 Å². The minimum absolute atomic E-state index is 0.0801. The van der Waals surface area contributed by atoms with Crippen LogP contribution in [0.25, 0.3) is 11.0 Å². The average molecular weight is 235 g/mol. The molecule has 0 atom stereocenters. The quantitative estimate of drug-likeness (QED) is 0.841. The Morgan fingerprint density at radius 3 is 2.88 bits per heavy atom. The summed E-state index contributed by atoms with van der Waals surface area (Å²) in [4.78, 5) is 22.4. The maximum Gasteiger partial charge on any atom is 0.305 e. The van der Waals surface area contributed by atoms with E-state index in [1.54, 1.807) is 17.9 Å². The molecule has 0 fully saturated rings. The smallest absolute Gasteiger partial charge is 0.305 e. The first-order valence-electron chi connectivity index (χ1n) is 5.24. The number of carboxylic acids is 1. The van der Waals surface area contributed by atoms with Crippen molar-refractivity contribution in [3.63, 3.8) is 0 Å². The van der Waals surface area contributed by atoms with Crippen LogP contribution in [0.2, 0.25) is 0 Å². The predicted molar refractivity (Wildman–Crippen MR) is 62.0 cm³/mol. The minimum Gasteiger partial charge on any atom is -0.481 e. The van der Waals surface area contributed by atoms with Crippen molar-refractivity contribution < 1.29 is 9.90 Å². The third-order valence-electron chi connectivity index (χ3n) is 2.74. The highest BCUT2D eigenvalue weighted by atomic mass is 16.4. The Bertz CT molecular complexity index is 639. The highest BCUT2D eigenvalue weighted by Gasteiger charge is 2.11. The van der Waals surface area contributed by atoms with Crippen molar-refractivity contribution in [2.45, 2.75) is 19.9 Å². The summed E-state index contributed by atoms with van der Waals surface area (Å²) in [6.45, 7) is 2.00. The summed E-state index contributed by atoms with van der Waals surface area (Å²) in [6, 6.07) is 1.51. The van der Waals surface area contributed by atoms with Gasteiger partial charge in [-0.25, -0.2) is 0 Å². The van der Waals surface area contributed by atoms with E-state index in [1.807, 2.05) is 6.92 Å². The fraction of sp³-hybridized carbons (Fsp3) is 0.364. The number of hydrogen-bond acceptors (Lipinski definition) is 3. The van der Waals surface area contributed by atoms with Crippen LogP contribution in [0.15, 0.2) is 17.1 Å². The Labute approximate surface area is 97.1 Å². The van der Waals surface area contributed by atoms with Gasteiger partial charge in [0.2, 0.25) is 0 Å². The van der Waals surface area contributed by atoms with Gasteiger partial charge in [-0.3, -0.25) is 18.8 Å². The fourth-order valence-corrected chi connectivity index (χ4v) is 1.90. The van der Waals surface area contributed by atoms with Crippen molar-refractivity contribution in [2.75, 3.05) is 0 Å². The van der Waals surface area contributed by atoms with E-state index in [1.165, 1.54) is 10.6 Å². The van der Waals surface area contributed by atoms with Crippen LogP contribution in [0.1, 0.15) is 12.0 Å². The molecule has 0 aliphatic rings. The highest BCUT2D eigenvalue weighted by molar-refractivity contribution is 5.78. The molecule has 0 aliphatic carbocycles. The SMILES string of the molecule is Cc1cc(=O)n(CCC(=O)O)c2c1cnn2C. The summed E-state index contributed by atoms with van der Waals surface area (Å²) in [7, 11) is 1.73. The maximum atomic E-state index is 11.8. The predicted octanol–water partition coefficient (Wildman–Crippen LogP) is 0.518. The average Bonchev–Trinajstić information content (AvgIpc) is 2.61. The van der Waals surface area contributed by atoms with Gasteiger partial charge in [0.15, 0.2) is 0 Å². The van der Waals surface area contributed by atoms with E-state index in [-0.39, 0.29) is 18.5 Å². The van der Waals surface area contributed by atoms with Crippen LogP contribution < -0.4 is 5.56 Å². The maximum absolute atomic E-state index is 11.8. The summed E-state index contributed by atoms with van der Waals surface area (Å²) >= 11 is 0. The number of carboxylic acid groups (broad SMARTS) is 1. The number of aliphatic carboxylic acids is 1. The molecule has 2 aromatic heterocycles. The second kappa shape index (κ2) is 4.04. The Hall–Kier alpha value is -2.11. The number of carbonyl (C=O) groups is 1. The van der Waals surface area contributed by atoms with E-state index in [2.05, 4.69) is 5.10 Å². The number of rotatable bonds is 3. The van der Waals surface area contributed by atoms with Crippen LogP contribution in [0, 0.1) is 6.92 Å². The number of fused-ring (bicyclic) bond motifs is 1. The molecule has 2 aromatic rings.